The van der Waals surface area contributed by atoms with Crippen molar-refractivity contribution in [2.24, 2.45) is 0 Å². The number of rotatable bonds is 4. The van der Waals surface area contributed by atoms with Gasteiger partial charge in [0.05, 0.1) is 4.92 Å². The highest BCUT2D eigenvalue weighted by molar-refractivity contribution is 5.94. The number of carbonyl (C=O) groups is 1. The van der Waals surface area contributed by atoms with Crippen LogP contribution < -0.4 is 5.32 Å². The van der Waals surface area contributed by atoms with Gasteiger partial charge in [-0.2, -0.15) is 0 Å². The third-order valence-corrected chi connectivity index (χ3v) is 2.96. The second kappa shape index (κ2) is 5.58. The van der Waals surface area contributed by atoms with E-state index in [0.29, 0.717) is 5.69 Å². The number of aromatic carboxylic acids is 1. The maximum atomic E-state index is 11.2. The number of aromatic nitrogens is 1. The molecule has 21 heavy (non-hydrogen) atoms. The Balaban J connectivity index is 2.46. The van der Waals surface area contributed by atoms with Gasteiger partial charge in [-0.1, -0.05) is 12.1 Å². The van der Waals surface area contributed by atoms with Crippen LogP contribution in [0.15, 0.2) is 30.5 Å². The van der Waals surface area contributed by atoms with E-state index in [0.717, 1.165) is 23.4 Å². The molecule has 0 aliphatic rings. The highest BCUT2D eigenvalue weighted by Gasteiger charge is 2.18. The van der Waals surface area contributed by atoms with Crippen molar-refractivity contribution >= 4 is 23.2 Å². The molecule has 0 aliphatic heterocycles. The zero-order valence-corrected chi connectivity index (χ0v) is 11.5. The molecule has 0 atom stereocenters. The first-order valence-electron chi connectivity index (χ1n) is 6.10. The lowest BCUT2D eigenvalue weighted by atomic mass is 10.1. The molecular formula is C14H13N3O4. The van der Waals surface area contributed by atoms with Gasteiger partial charge in [0, 0.05) is 11.8 Å². The normalized spacial score (nSPS) is 10.2. The summed E-state index contributed by atoms with van der Waals surface area (Å²) in [6.07, 6.45) is 1.03. The molecule has 0 saturated carbocycles. The van der Waals surface area contributed by atoms with Crippen LogP contribution in [0.3, 0.4) is 0 Å². The van der Waals surface area contributed by atoms with Gasteiger partial charge in [0.15, 0.2) is 0 Å². The Labute approximate surface area is 120 Å². The molecule has 7 heteroatoms. The molecule has 1 heterocycles. The van der Waals surface area contributed by atoms with Crippen molar-refractivity contribution in [2.75, 3.05) is 5.32 Å². The van der Waals surface area contributed by atoms with E-state index in [1.165, 1.54) is 0 Å². The van der Waals surface area contributed by atoms with E-state index >= 15 is 0 Å². The molecule has 1 aromatic heterocycles. The van der Waals surface area contributed by atoms with Crippen molar-refractivity contribution < 1.29 is 14.8 Å². The number of hydrogen-bond acceptors (Lipinski definition) is 5. The number of benzene rings is 1. The van der Waals surface area contributed by atoms with Gasteiger partial charge in [-0.15, -0.1) is 0 Å². The maximum absolute atomic E-state index is 11.2. The quantitative estimate of drug-likeness (QED) is 0.661. The number of nitrogens with one attached hydrogen (secondary N) is 1. The summed E-state index contributed by atoms with van der Waals surface area (Å²) in [5, 5.41) is 22.8. The fourth-order valence-electron chi connectivity index (χ4n) is 1.81. The molecule has 0 unspecified atom stereocenters. The minimum absolute atomic E-state index is 0.0711. The van der Waals surface area contributed by atoms with Crippen LogP contribution in [-0.4, -0.2) is 21.0 Å². The van der Waals surface area contributed by atoms with E-state index in [1.807, 2.05) is 32.0 Å². The Bertz CT molecular complexity index is 728. The van der Waals surface area contributed by atoms with Crippen LogP contribution >= 0.6 is 0 Å². The van der Waals surface area contributed by atoms with Gasteiger partial charge >= 0.3 is 5.97 Å². The van der Waals surface area contributed by atoms with Crippen LogP contribution in [0.25, 0.3) is 0 Å². The van der Waals surface area contributed by atoms with Gasteiger partial charge < -0.3 is 10.4 Å². The van der Waals surface area contributed by atoms with Crippen LogP contribution in [0.1, 0.15) is 21.5 Å². The number of aryl methyl sites for hydroxylation is 2. The molecule has 0 amide bonds. The van der Waals surface area contributed by atoms with E-state index < -0.39 is 10.9 Å². The van der Waals surface area contributed by atoms with E-state index in [2.05, 4.69) is 10.3 Å². The molecule has 0 bridgehead atoms. The van der Waals surface area contributed by atoms with Crippen LogP contribution in [0.5, 0.6) is 0 Å². The minimum Gasteiger partial charge on any atom is -0.478 e. The number of pyridine rings is 1. The SMILES string of the molecule is Cc1ccc(C)c(Nc2ncc([N+](=O)[O-])cc2C(=O)O)c1. The molecule has 0 aliphatic carbocycles. The Morgan fingerprint density at radius 1 is 1.33 bits per heavy atom. The van der Waals surface area contributed by atoms with Crippen molar-refractivity contribution in [3.05, 3.63) is 57.3 Å². The van der Waals surface area contributed by atoms with Crippen molar-refractivity contribution in [3.63, 3.8) is 0 Å². The zero-order valence-electron chi connectivity index (χ0n) is 11.5. The first-order chi connectivity index (χ1) is 9.88. The molecule has 0 spiro atoms. The average molecular weight is 287 g/mol. The molecular weight excluding hydrogens is 274 g/mol. The van der Waals surface area contributed by atoms with E-state index in [4.69, 9.17) is 0 Å². The Morgan fingerprint density at radius 3 is 2.67 bits per heavy atom. The average Bonchev–Trinajstić information content (AvgIpc) is 2.42. The van der Waals surface area contributed by atoms with Crippen LogP contribution in [0.4, 0.5) is 17.2 Å². The number of anilines is 2. The second-order valence-corrected chi connectivity index (χ2v) is 4.60. The highest BCUT2D eigenvalue weighted by atomic mass is 16.6. The van der Waals surface area contributed by atoms with Crippen LogP contribution in [-0.2, 0) is 0 Å². The van der Waals surface area contributed by atoms with Gasteiger partial charge in [0.2, 0.25) is 0 Å². The number of nitrogens with zero attached hydrogens (tertiary/aromatic N) is 2. The predicted octanol–water partition coefficient (Wildman–Crippen LogP) is 3.05. The standard InChI is InChI=1S/C14H13N3O4/c1-8-3-4-9(2)12(5-8)16-13-11(14(18)19)6-10(7-15-13)17(20)21/h3-7H,1-2H3,(H,15,16)(H,18,19). The van der Waals surface area contributed by atoms with Crippen molar-refractivity contribution in [2.45, 2.75) is 13.8 Å². The zero-order chi connectivity index (χ0) is 15.6. The summed E-state index contributed by atoms with van der Waals surface area (Å²) < 4.78 is 0. The van der Waals surface area contributed by atoms with Crippen LogP contribution in [0, 0.1) is 24.0 Å². The predicted molar refractivity (Wildman–Crippen MR) is 77.0 cm³/mol. The Morgan fingerprint density at radius 2 is 2.05 bits per heavy atom. The lowest BCUT2D eigenvalue weighted by molar-refractivity contribution is -0.385. The second-order valence-electron chi connectivity index (χ2n) is 4.60. The third kappa shape index (κ3) is 3.14. The topological polar surface area (TPSA) is 105 Å². The molecule has 0 saturated heterocycles. The number of hydrogen-bond donors (Lipinski definition) is 2. The first kappa shape index (κ1) is 14.4. The minimum atomic E-state index is -1.28. The lowest BCUT2D eigenvalue weighted by Crippen LogP contribution is -2.07. The summed E-state index contributed by atoms with van der Waals surface area (Å²) in [4.78, 5) is 25.1. The molecule has 0 fully saturated rings. The van der Waals surface area contributed by atoms with Crippen molar-refractivity contribution in [1.29, 1.82) is 0 Å². The summed E-state index contributed by atoms with van der Waals surface area (Å²) in [7, 11) is 0. The molecule has 108 valence electrons. The van der Waals surface area contributed by atoms with E-state index in [9.17, 15) is 20.0 Å². The van der Waals surface area contributed by atoms with Crippen molar-refractivity contribution in [3.8, 4) is 0 Å². The van der Waals surface area contributed by atoms with Gasteiger partial charge in [-0.25, -0.2) is 9.78 Å². The summed E-state index contributed by atoms with van der Waals surface area (Å²) in [5.74, 6) is -1.21. The summed E-state index contributed by atoms with van der Waals surface area (Å²) in [5.41, 5.74) is 2.02. The summed E-state index contributed by atoms with van der Waals surface area (Å²) >= 11 is 0. The largest absolute Gasteiger partial charge is 0.478 e. The van der Waals surface area contributed by atoms with E-state index in [1.54, 1.807) is 0 Å². The maximum Gasteiger partial charge on any atom is 0.339 e. The van der Waals surface area contributed by atoms with Gasteiger partial charge in [-0.05, 0) is 31.0 Å². The van der Waals surface area contributed by atoms with Crippen molar-refractivity contribution in [1.82, 2.24) is 4.98 Å². The highest BCUT2D eigenvalue weighted by Crippen LogP contribution is 2.25. The lowest BCUT2D eigenvalue weighted by Gasteiger charge is -2.11. The van der Waals surface area contributed by atoms with Gasteiger partial charge in [0.25, 0.3) is 5.69 Å². The van der Waals surface area contributed by atoms with Gasteiger partial charge in [-0.3, -0.25) is 10.1 Å². The Kier molecular flexibility index (Phi) is 3.84. The van der Waals surface area contributed by atoms with Gasteiger partial charge in [0.1, 0.15) is 17.6 Å². The van der Waals surface area contributed by atoms with E-state index in [-0.39, 0.29) is 17.1 Å². The number of carboxylic acid groups (broad SMARTS) is 1. The monoisotopic (exact) mass is 287 g/mol. The Hall–Kier alpha value is -2.96. The first-order valence-corrected chi connectivity index (χ1v) is 6.10. The molecule has 1 aromatic carbocycles. The molecule has 2 rings (SSSR count). The fraction of sp³-hybridized carbons (Fsp3) is 0.143. The van der Waals surface area contributed by atoms with Crippen LogP contribution in [0.2, 0.25) is 0 Å². The number of nitro groups is 1. The molecule has 7 nitrogen and oxygen atoms in total. The molecule has 2 aromatic rings. The smallest absolute Gasteiger partial charge is 0.339 e. The molecule has 2 N–H and O–H groups in total. The summed E-state index contributed by atoms with van der Waals surface area (Å²) in [6, 6.07) is 6.66. The third-order valence-electron chi connectivity index (χ3n) is 2.96. The number of carboxylic acids is 1. The molecule has 0 radical (unpaired) electrons. The fourth-order valence-corrected chi connectivity index (χ4v) is 1.81. The summed E-state index contributed by atoms with van der Waals surface area (Å²) in [6.45, 7) is 3.78.